The zero-order valence-electron chi connectivity index (χ0n) is 16.2. The molecule has 6 heteroatoms. The molecule has 6 nitrogen and oxygen atoms in total. The molecule has 0 amide bonds. The van der Waals surface area contributed by atoms with Crippen molar-refractivity contribution in [2.75, 3.05) is 13.2 Å². The van der Waals surface area contributed by atoms with E-state index in [1.165, 1.54) is 0 Å². The minimum absolute atomic E-state index is 0.0228. The molecule has 0 N–H and O–H groups in total. The van der Waals surface area contributed by atoms with Crippen LogP contribution in [0.3, 0.4) is 0 Å². The lowest BCUT2D eigenvalue weighted by Crippen LogP contribution is -2.17. The first kappa shape index (κ1) is 18.8. The van der Waals surface area contributed by atoms with E-state index in [2.05, 4.69) is 0 Å². The molecule has 0 aliphatic heterocycles. The number of hydrogen-bond acceptors (Lipinski definition) is 6. The zero-order valence-corrected chi connectivity index (χ0v) is 16.2. The van der Waals surface area contributed by atoms with E-state index >= 15 is 0 Å². The summed E-state index contributed by atoms with van der Waals surface area (Å²) in [6.45, 7) is 4.41. The fourth-order valence-corrected chi connectivity index (χ4v) is 3.42. The normalized spacial score (nSPS) is 11.1. The van der Waals surface area contributed by atoms with Crippen LogP contribution in [0.15, 0.2) is 67.0 Å². The predicted octanol–water partition coefficient (Wildman–Crippen LogP) is 4.29. The van der Waals surface area contributed by atoms with Crippen LogP contribution < -0.4 is 20.7 Å². The van der Waals surface area contributed by atoms with Gasteiger partial charge in [-0.1, -0.05) is 24.3 Å². The van der Waals surface area contributed by atoms with Gasteiger partial charge in [0.25, 0.3) is 0 Å². The molecule has 4 aromatic rings. The third kappa shape index (κ3) is 3.38. The smallest absolute Gasteiger partial charge is 0.343 e. The molecule has 0 spiro atoms. The van der Waals surface area contributed by atoms with Gasteiger partial charge < -0.3 is 18.3 Å². The largest absolute Gasteiger partial charge is 0.493 e. The van der Waals surface area contributed by atoms with Gasteiger partial charge in [0.05, 0.1) is 35.1 Å². The first-order chi connectivity index (χ1) is 14.1. The van der Waals surface area contributed by atoms with Crippen LogP contribution in [-0.4, -0.2) is 13.2 Å². The number of rotatable bonds is 6. The van der Waals surface area contributed by atoms with Crippen LogP contribution in [-0.2, 0) is 6.42 Å². The fraction of sp³-hybridized carbons (Fsp3) is 0.217. The predicted molar refractivity (Wildman–Crippen MR) is 110 cm³/mol. The maximum absolute atomic E-state index is 12.8. The summed E-state index contributed by atoms with van der Waals surface area (Å²) >= 11 is 0. The van der Waals surface area contributed by atoms with Crippen molar-refractivity contribution in [3.8, 4) is 11.5 Å². The Morgan fingerprint density at radius 3 is 1.52 bits per heavy atom. The van der Waals surface area contributed by atoms with Crippen molar-refractivity contribution in [3.63, 3.8) is 0 Å². The fourth-order valence-electron chi connectivity index (χ4n) is 3.42. The summed E-state index contributed by atoms with van der Waals surface area (Å²) in [5.74, 6) is 0.823. The van der Waals surface area contributed by atoms with Crippen molar-refractivity contribution in [3.05, 3.63) is 80.5 Å². The summed E-state index contributed by atoms with van der Waals surface area (Å²) in [6, 6.07) is 14.3. The van der Waals surface area contributed by atoms with Gasteiger partial charge in [-0.25, -0.2) is 9.59 Å². The molecular formula is C23H20O6. The lowest BCUT2D eigenvalue weighted by molar-refractivity contribution is 0.332. The number of fused-ring (bicyclic) bond motifs is 2. The van der Waals surface area contributed by atoms with E-state index in [0.29, 0.717) is 46.7 Å². The molecule has 29 heavy (non-hydrogen) atoms. The third-order valence-corrected chi connectivity index (χ3v) is 4.64. The van der Waals surface area contributed by atoms with Crippen LogP contribution in [0.25, 0.3) is 21.9 Å². The molecular weight excluding hydrogens is 372 g/mol. The maximum Gasteiger partial charge on any atom is 0.343 e. The summed E-state index contributed by atoms with van der Waals surface area (Å²) < 4.78 is 22.5. The Bertz CT molecular complexity index is 1200. The summed E-state index contributed by atoms with van der Waals surface area (Å²) in [4.78, 5) is 25.5. The lowest BCUT2D eigenvalue weighted by atomic mass is 10.0. The van der Waals surface area contributed by atoms with E-state index in [1.54, 1.807) is 24.3 Å². The summed E-state index contributed by atoms with van der Waals surface area (Å²) in [5.41, 5.74) is 0.271. The van der Waals surface area contributed by atoms with Crippen molar-refractivity contribution >= 4 is 21.9 Å². The average molecular weight is 392 g/mol. The van der Waals surface area contributed by atoms with E-state index < -0.39 is 11.3 Å². The topological polar surface area (TPSA) is 78.9 Å². The van der Waals surface area contributed by atoms with Crippen molar-refractivity contribution < 1.29 is 18.3 Å². The molecule has 0 atom stereocenters. The molecule has 148 valence electrons. The molecule has 2 aromatic heterocycles. The molecule has 0 aliphatic rings. The highest BCUT2D eigenvalue weighted by Gasteiger charge is 2.22. The second kappa shape index (κ2) is 7.83. The Morgan fingerprint density at radius 1 is 0.690 bits per heavy atom. The number of hydrogen-bond donors (Lipinski definition) is 0. The number of ether oxygens (including phenoxy) is 2. The zero-order chi connectivity index (χ0) is 20.4. The highest BCUT2D eigenvalue weighted by Crippen LogP contribution is 2.33. The van der Waals surface area contributed by atoms with Crippen molar-refractivity contribution in [1.29, 1.82) is 0 Å². The first-order valence-corrected chi connectivity index (χ1v) is 9.49. The average Bonchev–Trinajstić information content (AvgIpc) is 2.72. The molecule has 2 heterocycles. The summed E-state index contributed by atoms with van der Waals surface area (Å²) in [5, 5.41) is 1.35. The summed E-state index contributed by atoms with van der Waals surface area (Å²) in [7, 11) is 0. The second-order valence-electron chi connectivity index (χ2n) is 6.43. The van der Waals surface area contributed by atoms with Crippen molar-refractivity contribution in [1.82, 2.24) is 0 Å². The maximum atomic E-state index is 12.8. The Labute approximate surface area is 166 Å². The molecule has 0 aliphatic carbocycles. The van der Waals surface area contributed by atoms with Gasteiger partial charge in [-0.3, -0.25) is 0 Å². The van der Waals surface area contributed by atoms with Crippen LogP contribution >= 0.6 is 0 Å². The molecule has 0 saturated carbocycles. The molecule has 0 radical (unpaired) electrons. The standard InChI is InChI=1S/C23H20O6/c1-3-26-20-14-9-5-7-11-18(14)28-22(24)16(20)13-17-21(27-4-2)15-10-6-8-12-19(15)29-23(17)25/h5-12H,3-4,13H2,1-2H3. The Morgan fingerprint density at radius 2 is 1.10 bits per heavy atom. The van der Waals surface area contributed by atoms with Crippen molar-refractivity contribution in [2.45, 2.75) is 20.3 Å². The Balaban J connectivity index is 1.97. The third-order valence-electron chi connectivity index (χ3n) is 4.64. The SMILES string of the molecule is CCOc1c(Cc2c(OCC)c3ccccc3oc2=O)c(=O)oc2ccccc12. The van der Waals surface area contributed by atoms with Crippen LogP contribution in [0.2, 0.25) is 0 Å². The molecule has 0 saturated heterocycles. The Hall–Kier alpha value is -3.54. The van der Waals surface area contributed by atoms with Crippen LogP contribution in [0.4, 0.5) is 0 Å². The Kier molecular flexibility index (Phi) is 5.08. The van der Waals surface area contributed by atoms with Gasteiger partial charge >= 0.3 is 11.3 Å². The first-order valence-electron chi connectivity index (χ1n) is 9.49. The second-order valence-corrected chi connectivity index (χ2v) is 6.43. The minimum Gasteiger partial charge on any atom is -0.493 e. The van der Waals surface area contributed by atoms with Crippen LogP contribution in [0.1, 0.15) is 25.0 Å². The lowest BCUT2D eigenvalue weighted by Gasteiger charge is -2.14. The van der Waals surface area contributed by atoms with E-state index in [1.807, 2.05) is 38.1 Å². The molecule has 2 aromatic carbocycles. The van der Waals surface area contributed by atoms with Gasteiger partial charge in [0, 0.05) is 6.42 Å². The van der Waals surface area contributed by atoms with Crippen LogP contribution in [0.5, 0.6) is 11.5 Å². The summed E-state index contributed by atoms with van der Waals surface area (Å²) in [6.07, 6.45) is -0.0228. The van der Waals surface area contributed by atoms with Crippen LogP contribution in [0, 0.1) is 0 Å². The van der Waals surface area contributed by atoms with E-state index in [4.69, 9.17) is 18.3 Å². The van der Waals surface area contributed by atoms with Gasteiger partial charge in [-0.2, -0.15) is 0 Å². The van der Waals surface area contributed by atoms with Gasteiger partial charge in [0.2, 0.25) is 0 Å². The molecule has 4 rings (SSSR count). The highest BCUT2D eigenvalue weighted by atomic mass is 16.5. The molecule has 0 fully saturated rings. The van der Waals surface area contributed by atoms with E-state index in [0.717, 1.165) is 0 Å². The monoisotopic (exact) mass is 392 g/mol. The van der Waals surface area contributed by atoms with Gasteiger partial charge in [-0.05, 0) is 38.1 Å². The quantitative estimate of drug-likeness (QED) is 0.456. The number of para-hydroxylation sites is 2. The van der Waals surface area contributed by atoms with Gasteiger partial charge in [0.15, 0.2) is 0 Å². The van der Waals surface area contributed by atoms with E-state index in [-0.39, 0.29) is 17.5 Å². The van der Waals surface area contributed by atoms with Gasteiger partial charge in [0.1, 0.15) is 22.7 Å². The molecule has 0 bridgehead atoms. The van der Waals surface area contributed by atoms with Crippen molar-refractivity contribution in [2.24, 2.45) is 0 Å². The molecule has 0 unspecified atom stereocenters. The highest BCUT2D eigenvalue weighted by molar-refractivity contribution is 5.86. The van der Waals surface area contributed by atoms with Gasteiger partial charge in [-0.15, -0.1) is 0 Å². The van der Waals surface area contributed by atoms with E-state index in [9.17, 15) is 9.59 Å². The number of benzene rings is 2. The minimum atomic E-state index is -0.554.